The second-order valence-electron chi connectivity index (χ2n) is 5.79. The molecule has 3 N–H and O–H groups in total. The van der Waals surface area contributed by atoms with Gasteiger partial charge in [-0.3, -0.25) is 9.36 Å². The van der Waals surface area contributed by atoms with Crippen LogP contribution < -0.4 is 10.5 Å². The van der Waals surface area contributed by atoms with Crippen molar-refractivity contribution in [2.24, 2.45) is 5.14 Å². The van der Waals surface area contributed by atoms with Gasteiger partial charge in [-0.1, -0.05) is 36.0 Å². The van der Waals surface area contributed by atoms with Crippen LogP contribution in [0.5, 0.6) is 0 Å². The third-order valence-corrected chi connectivity index (χ3v) is 5.71. The Labute approximate surface area is 164 Å². The molecule has 1 aromatic heterocycles. The van der Waals surface area contributed by atoms with Gasteiger partial charge in [-0.2, -0.15) is 8.78 Å². The molecule has 0 saturated heterocycles. The van der Waals surface area contributed by atoms with Gasteiger partial charge in [0.05, 0.1) is 21.7 Å². The molecule has 0 aliphatic rings. The number of carbonyl (C=O) groups excluding carboxylic acids is 1. The predicted octanol–water partition coefficient (Wildman–Crippen LogP) is 2.49. The fourth-order valence-electron chi connectivity index (χ4n) is 2.49. The zero-order valence-electron chi connectivity index (χ0n) is 14.4. The molecule has 0 aliphatic carbocycles. The number of amides is 1. The number of halogens is 2. The van der Waals surface area contributed by atoms with E-state index in [1.54, 1.807) is 24.3 Å². The number of alkyl halides is 2. The number of hydrogen-bond donors (Lipinski definition) is 2. The van der Waals surface area contributed by atoms with E-state index in [1.807, 2.05) is 0 Å². The zero-order chi connectivity index (χ0) is 20.3. The minimum absolute atomic E-state index is 0.0240. The van der Waals surface area contributed by atoms with Gasteiger partial charge >= 0.3 is 6.55 Å². The highest BCUT2D eigenvalue weighted by molar-refractivity contribution is 7.99. The van der Waals surface area contributed by atoms with E-state index in [2.05, 4.69) is 10.3 Å². The van der Waals surface area contributed by atoms with Crippen molar-refractivity contribution in [1.29, 1.82) is 0 Å². The molecule has 0 fully saturated rings. The van der Waals surface area contributed by atoms with Crippen molar-refractivity contribution >= 4 is 38.7 Å². The van der Waals surface area contributed by atoms with E-state index in [0.29, 0.717) is 16.6 Å². The molecule has 148 valence electrons. The fourth-order valence-corrected chi connectivity index (χ4v) is 3.85. The van der Waals surface area contributed by atoms with E-state index < -0.39 is 16.6 Å². The summed E-state index contributed by atoms with van der Waals surface area (Å²) >= 11 is 0.914. The Morgan fingerprint density at radius 1 is 1.18 bits per heavy atom. The van der Waals surface area contributed by atoms with E-state index in [9.17, 15) is 22.0 Å². The molecule has 0 radical (unpaired) electrons. The maximum atomic E-state index is 13.4. The van der Waals surface area contributed by atoms with Gasteiger partial charge in [0, 0.05) is 6.54 Å². The van der Waals surface area contributed by atoms with E-state index in [0.717, 1.165) is 16.3 Å². The minimum Gasteiger partial charge on any atom is -0.351 e. The average molecular weight is 426 g/mol. The summed E-state index contributed by atoms with van der Waals surface area (Å²) in [6, 6.07) is 12.3. The van der Waals surface area contributed by atoms with Crippen molar-refractivity contribution in [3.63, 3.8) is 0 Å². The van der Waals surface area contributed by atoms with Gasteiger partial charge < -0.3 is 5.32 Å². The first-order chi connectivity index (χ1) is 13.3. The molecule has 0 atom stereocenters. The molecule has 3 aromatic rings. The van der Waals surface area contributed by atoms with Crippen LogP contribution in [0, 0.1) is 0 Å². The minimum atomic E-state index is -3.77. The third-order valence-electron chi connectivity index (χ3n) is 3.83. The quantitative estimate of drug-likeness (QED) is 0.565. The SMILES string of the molecule is NS(=O)(=O)c1ccc(CNC(=O)CSc2nc3ccccc3n2C(F)F)cc1. The number of aromatic nitrogens is 2. The molecule has 2 aromatic carbocycles. The van der Waals surface area contributed by atoms with Gasteiger partial charge in [-0.25, -0.2) is 18.5 Å². The molecular formula is C17H16F2N4O3S2. The Hall–Kier alpha value is -2.50. The van der Waals surface area contributed by atoms with Crippen LogP contribution in [0.2, 0.25) is 0 Å². The largest absolute Gasteiger partial charge is 0.351 e. The Balaban J connectivity index is 1.60. The van der Waals surface area contributed by atoms with Crippen molar-refractivity contribution in [2.75, 3.05) is 5.75 Å². The molecule has 0 aliphatic heterocycles. The summed E-state index contributed by atoms with van der Waals surface area (Å²) in [7, 11) is -3.77. The molecule has 28 heavy (non-hydrogen) atoms. The molecule has 0 spiro atoms. The van der Waals surface area contributed by atoms with E-state index in [1.165, 1.54) is 24.3 Å². The highest BCUT2D eigenvalue weighted by Gasteiger charge is 2.18. The van der Waals surface area contributed by atoms with Crippen molar-refractivity contribution in [2.45, 2.75) is 23.1 Å². The summed E-state index contributed by atoms with van der Waals surface area (Å²) in [6.07, 6.45) is 0. The summed E-state index contributed by atoms with van der Waals surface area (Å²) in [6.45, 7) is -2.61. The van der Waals surface area contributed by atoms with Crippen molar-refractivity contribution in [1.82, 2.24) is 14.9 Å². The summed E-state index contributed by atoms with van der Waals surface area (Å²) in [4.78, 5) is 16.2. The van der Waals surface area contributed by atoms with Crippen LogP contribution in [0.4, 0.5) is 8.78 Å². The van der Waals surface area contributed by atoms with Gasteiger partial charge in [0.25, 0.3) is 0 Å². The van der Waals surface area contributed by atoms with Crippen LogP contribution >= 0.6 is 11.8 Å². The van der Waals surface area contributed by atoms with Crippen LogP contribution in [-0.4, -0.2) is 29.6 Å². The molecule has 0 unspecified atom stereocenters. The van der Waals surface area contributed by atoms with Crippen LogP contribution in [0.3, 0.4) is 0 Å². The van der Waals surface area contributed by atoms with Crippen LogP contribution in [-0.2, 0) is 21.4 Å². The highest BCUT2D eigenvalue weighted by Crippen LogP contribution is 2.28. The number of rotatable bonds is 7. The summed E-state index contributed by atoms with van der Waals surface area (Å²) in [5.41, 5.74) is 1.40. The lowest BCUT2D eigenvalue weighted by Crippen LogP contribution is -2.24. The number of primary sulfonamides is 1. The number of benzene rings is 2. The Morgan fingerprint density at radius 3 is 2.50 bits per heavy atom. The third kappa shape index (κ3) is 4.66. The van der Waals surface area contributed by atoms with Crippen molar-refractivity contribution < 1.29 is 22.0 Å². The molecule has 0 bridgehead atoms. The lowest BCUT2D eigenvalue weighted by Gasteiger charge is -2.08. The van der Waals surface area contributed by atoms with E-state index in [4.69, 9.17) is 5.14 Å². The smallest absolute Gasteiger partial charge is 0.321 e. The van der Waals surface area contributed by atoms with Crippen LogP contribution in [0.25, 0.3) is 11.0 Å². The van der Waals surface area contributed by atoms with E-state index >= 15 is 0 Å². The maximum Gasteiger partial charge on any atom is 0.321 e. The lowest BCUT2D eigenvalue weighted by atomic mass is 10.2. The normalized spacial score (nSPS) is 11.9. The molecular weight excluding hydrogens is 410 g/mol. The second kappa shape index (κ2) is 8.25. The summed E-state index contributed by atoms with van der Waals surface area (Å²) < 4.78 is 49.9. The Morgan fingerprint density at radius 2 is 1.86 bits per heavy atom. The lowest BCUT2D eigenvalue weighted by molar-refractivity contribution is -0.118. The number of fused-ring (bicyclic) bond motifs is 1. The second-order valence-corrected chi connectivity index (χ2v) is 8.29. The standard InChI is InChI=1S/C17H16F2N4O3S2/c18-16(19)23-14-4-2-1-3-13(14)22-17(23)27-10-15(24)21-9-11-5-7-12(8-6-11)28(20,25)26/h1-8,16H,9-10H2,(H,21,24)(H2,20,25,26). The fraction of sp³-hybridized carbons (Fsp3) is 0.176. The molecule has 1 amide bonds. The molecule has 7 nitrogen and oxygen atoms in total. The number of nitrogens with two attached hydrogens (primary N) is 1. The van der Waals surface area contributed by atoms with E-state index in [-0.39, 0.29) is 28.3 Å². The molecule has 0 saturated carbocycles. The topological polar surface area (TPSA) is 107 Å². The molecule has 3 rings (SSSR count). The Bertz CT molecular complexity index is 1100. The number of nitrogens with one attached hydrogen (secondary N) is 1. The zero-order valence-corrected chi connectivity index (χ0v) is 16.0. The van der Waals surface area contributed by atoms with Gasteiger partial charge in [0.15, 0.2) is 5.16 Å². The molecule has 11 heteroatoms. The summed E-state index contributed by atoms with van der Waals surface area (Å²) in [5, 5.41) is 7.73. The van der Waals surface area contributed by atoms with Crippen LogP contribution in [0.1, 0.15) is 12.1 Å². The number of thioether (sulfide) groups is 1. The first kappa shape index (κ1) is 20.2. The van der Waals surface area contributed by atoms with Gasteiger partial charge in [0.2, 0.25) is 15.9 Å². The van der Waals surface area contributed by atoms with Gasteiger partial charge in [0.1, 0.15) is 0 Å². The maximum absolute atomic E-state index is 13.4. The average Bonchev–Trinajstić information content (AvgIpc) is 3.03. The van der Waals surface area contributed by atoms with Gasteiger partial charge in [-0.15, -0.1) is 0 Å². The van der Waals surface area contributed by atoms with Crippen LogP contribution in [0.15, 0.2) is 58.6 Å². The highest BCUT2D eigenvalue weighted by atomic mass is 32.2. The van der Waals surface area contributed by atoms with Crippen molar-refractivity contribution in [3.05, 3.63) is 54.1 Å². The summed E-state index contributed by atoms with van der Waals surface area (Å²) in [5.74, 6) is -0.459. The Kier molecular flexibility index (Phi) is 5.96. The number of carbonyl (C=O) groups is 1. The van der Waals surface area contributed by atoms with Gasteiger partial charge in [-0.05, 0) is 29.8 Å². The number of para-hydroxylation sites is 2. The number of hydrogen-bond acceptors (Lipinski definition) is 5. The first-order valence-electron chi connectivity index (χ1n) is 8.02. The number of sulfonamides is 1. The predicted molar refractivity (Wildman–Crippen MR) is 101 cm³/mol. The van der Waals surface area contributed by atoms with Crippen molar-refractivity contribution in [3.8, 4) is 0 Å². The first-order valence-corrected chi connectivity index (χ1v) is 10.6. The monoisotopic (exact) mass is 426 g/mol. The number of nitrogens with zero attached hydrogens (tertiary/aromatic N) is 2. The molecule has 1 heterocycles. The number of imidazole rings is 1.